The highest BCUT2D eigenvalue weighted by molar-refractivity contribution is 5.57. The fraction of sp³-hybridized carbons (Fsp3) is 0.591. The molecular formula is C22H31FN6O2. The Bertz CT molecular complexity index is 854. The summed E-state index contributed by atoms with van der Waals surface area (Å²) in [6.07, 6.45) is 9.47. The van der Waals surface area contributed by atoms with E-state index in [2.05, 4.69) is 30.9 Å². The van der Waals surface area contributed by atoms with Crippen molar-refractivity contribution >= 4 is 23.5 Å². The van der Waals surface area contributed by atoms with Gasteiger partial charge in [-0.3, -0.25) is 0 Å². The first-order valence-electron chi connectivity index (χ1n) is 11.2. The Kier molecular flexibility index (Phi) is 7.35. The zero-order valence-corrected chi connectivity index (χ0v) is 18.0. The van der Waals surface area contributed by atoms with Crippen LogP contribution in [-0.4, -0.2) is 47.4 Å². The molecule has 0 amide bonds. The maximum absolute atomic E-state index is 14.1. The molecule has 1 aliphatic carbocycles. The number of rotatable bonds is 8. The SMILES string of the molecule is COc1ccc(Nc2nc(NCC3CCCO3)nc(NC3CCCCCC3)n2)cc1F. The lowest BCUT2D eigenvalue weighted by molar-refractivity contribution is 0.120. The first-order valence-corrected chi connectivity index (χ1v) is 11.2. The summed E-state index contributed by atoms with van der Waals surface area (Å²) in [4.78, 5) is 13.6. The third kappa shape index (κ3) is 6.16. The third-order valence-electron chi connectivity index (χ3n) is 5.74. The molecule has 0 spiro atoms. The number of nitrogens with one attached hydrogen (secondary N) is 3. The van der Waals surface area contributed by atoms with Gasteiger partial charge in [-0.15, -0.1) is 0 Å². The zero-order valence-electron chi connectivity index (χ0n) is 18.0. The lowest BCUT2D eigenvalue weighted by Gasteiger charge is -2.18. The second-order valence-electron chi connectivity index (χ2n) is 8.13. The number of ether oxygens (including phenoxy) is 2. The molecule has 1 aromatic heterocycles. The smallest absolute Gasteiger partial charge is 0.233 e. The van der Waals surface area contributed by atoms with Gasteiger partial charge >= 0.3 is 0 Å². The second-order valence-corrected chi connectivity index (χ2v) is 8.13. The van der Waals surface area contributed by atoms with Crippen molar-refractivity contribution in [1.82, 2.24) is 15.0 Å². The molecule has 31 heavy (non-hydrogen) atoms. The van der Waals surface area contributed by atoms with Crippen LogP contribution in [0.2, 0.25) is 0 Å². The van der Waals surface area contributed by atoms with Crippen molar-refractivity contribution in [3.8, 4) is 5.75 Å². The van der Waals surface area contributed by atoms with Crippen molar-refractivity contribution in [2.24, 2.45) is 0 Å². The predicted octanol–water partition coefficient (Wildman–Crippen LogP) is 4.49. The number of benzene rings is 1. The van der Waals surface area contributed by atoms with Crippen LogP contribution in [0.25, 0.3) is 0 Å². The van der Waals surface area contributed by atoms with Crippen LogP contribution in [0.3, 0.4) is 0 Å². The van der Waals surface area contributed by atoms with Crippen LogP contribution in [-0.2, 0) is 4.74 Å². The van der Waals surface area contributed by atoms with Gasteiger partial charge in [-0.05, 0) is 37.8 Å². The Morgan fingerprint density at radius 1 is 1.00 bits per heavy atom. The first kappa shape index (κ1) is 21.5. The van der Waals surface area contributed by atoms with Crippen molar-refractivity contribution < 1.29 is 13.9 Å². The van der Waals surface area contributed by atoms with E-state index in [1.54, 1.807) is 12.1 Å². The minimum atomic E-state index is -0.449. The molecule has 2 fully saturated rings. The van der Waals surface area contributed by atoms with E-state index >= 15 is 0 Å². The molecule has 1 saturated carbocycles. The summed E-state index contributed by atoms with van der Waals surface area (Å²) in [6, 6.07) is 5.01. The molecule has 0 radical (unpaired) electrons. The minimum absolute atomic E-state index is 0.169. The van der Waals surface area contributed by atoms with Crippen molar-refractivity contribution in [3.63, 3.8) is 0 Å². The van der Waals surface area contributed by atoms with Crippen LogP contribution in [0.5, 0.6) is 5.75 Å². The van der Waals surface area contributed by atoms with Gasteiger partial charge in [-0.25, -0.2) is 4.39 Å². The number of anilines is 4. The molecule has 168 valence electrons. The maximum atomic E-state index is 14.1. The van der Waals surface area contributed by atoms with Crippen molar-refractivity contribution in [2.45, 2.75) is 63.5 Å². The Hall–Kier alpha value is -2.68. The molecule has 0 bridgehead atoms. The Balaban J connectivity index is 1.51. The van der Waals surface area contributed by atoms with Gasteiger partial charge in [0.15, 0.2) is 11.6 Å². The molecule has 2 heterocycles. The van der Waals surface area contributed by atoms with Gasteiger partial charge in [-0.1, -0.05) is 25.7 Å². The van der Waals surface area contributed by atoms with Crippen LogP contribution in [0.15, 0.2) is 18.2 Å². The largest absolute Gasteiger partial charge is 0.494 e. The highest BCUT2D eigenvalue weighted by Gasteiger charge is 2.18. The molecule has 1 unspecified atom stereocenters. The number of hydrogen-bond donors (Lipinski definition) is 3. The lowest BCUT2D eigenvalue weighted by Crippen LogP contribution is -2.23. The van der Waals surface area contributed by atoms with Crippen LogP contribution in [0, 0.1) is 5.82 Å². The van der Waals surface area contributed by atoms with E-state index in [1.165, 1.54) is 38.9 Å². The number of nitrogens with zero attached hydrogens (tertiary/aromatic N) is 3. The molecular weight excluding hydrogens is 399 g/mol. The number of methoxy groups -OCH3 is 1. The van der Waals surface area contributed by atoms with E-state index in [1.807, 2.05) is 0 Å². The van der Waals surface area contributed by atoms with Gasteiger partial charge in [0.1, 0.15) is 0 Å². The highest BCUT2D eigenvalue weighted by Crippen LogP contribution is 2.24. The first-order chi connectivity index (χ1) is 15.2. The summed E-state index contributed by atoms with van der Waals surface area (Å²) in [6.45, 7) is 1.44. The minimum Gasteiger partial charge on any atom is -0.494 e. The maximum Gasteiger partial charge on any atom is 0.233 e. The van der Waals surface area contributed by atoms with Gasteiger partial charge in [0.25, 0.3) is 0 Å². The molecule has 1 saturated heterocycles. The summed E-state index contributed by atoms with van der Waals surface area (Å²) in [5.41, 5.74) is 0.537. The van der Waals surface area contributed by atoms with E-state index in [4.69, 9.17) is 9.47 Å². The molecule has 1 atom stereocenters. The summed E-state index contributed by atoms with van der Waals surface area (Å²) in [5, 5.41) is 9.83. The molecule has 2 aromatic rings. The summed E-state index contributed by atoms with van der Waals surface area (Å²) < 4.78 is 24.8. The van der Waals surface area contributed by atoms with Crippen LogP contribution in [0.1, 0.15) is 51.4 Å². The molecule has 4 rings (SSSR count). The van der Waals surface area contributed by atoms with E-state index in [9.17, 15) is 4.39 Å². The van der Waals surface area contributed by atoms with E-state index in [-0.39, 0.29) is 11.9 Å². The average molecular weight is 431 g/mol. The monoisotopic (exact) mass is 430 g/mol. The number of aromatic nitrogens is 3. The zero-order chi connectivity index (χ0) is 21.5. The topological polar surface area (TPSA) is 93.2 Å². The van der Waals surface area contributed by atoms with E-state index < -0.39 is 5.82 Å². The van der Waals surface area contributed by atoms with Gasteiger partial charge in [-0.2, -0.15) is 15.0 Å². The average Bonchev–Trinajstić information content (AvgIpc) is 3.16. The fourth-order valence-corrected chi connectivity index (χ4v) is 4.07. The Morgan fingerprint density at radius 2 is 1.77 bits per heavy atom. The van der Waals surface area contributed by atoms with E-state index in [0.717, 1.165) is 32.3 Å². The molecule has 1 aromatic carbocycles. The van der Waals surface area contributed by atoms with Crippen molar-refractivity contribution in [3.05, 3.63) is 24.0 Å². The molecule has 3 N–H and O–H groups in total. The van der Waals surface area contributed by atoms with Crippen LogP contribution < -0.4 is 20.7 Å². The van der Waals surface area contributed by atoms with E-state index in [0.29, 0.717) is 36.1 Å². The lowest BCUT2D eigenvalue weighted by atomic mass is 10.1. The Labute approximate surface area is 182 Å². The fourth-order valence-electron chi connectivity index (χ4n) is 4.07. The molecule has 8 nitrogen and oxygen atoms in total. The standard InChI is InChI=1S/C22H31FN6O2/c1-30-19-11-10-16(13-18(19)23)26-22-28-20(24-14-17-9-6-12-31-17)27-21(29-22)25-15-7-4-2-3-5-8-15/h10-11,13,15,17H,2-9,12,14H2,1H3,(H3,24,25,26,27,28,29). The second kappa shape index (κ2) is 10.6. The quantitative estimate of drug-likeness (QED) is 0.528. The van der Waals surface area contributed by atoms with Crippen LogP contribution in [0.4, 0.5) is 27.9 Å². The van der Waals surface area contributed by atoms with Gasteiger partial charge in [0, 0.05) is 30.9 Å². The molecule has 9 heteroatoms. The predicted molar refractivity (Wildman–Crippen MR) is 119 cm³/mol. The highest BCUT2D eigenvalue weighted by atomic mass is 19.1. The molecule has 2 aliphatic rings. The summed E-state index contributed by atoms with van der Waals surface area (Å²) in [5.74, 6) is 1.09. The van der Waals surface area contributed by atoms with Gasteiger partial charge in [0.2, 0.25) is 17.8 Å². The number of hydrogen-bond acceptors (Lipinski definition) is 8. The van der Waals surface area contributed by atoms with Crippen molar-refractivity contribution in [2.75, 3.05) is 36.2 Å². The molecule has 1 aliphatic heterocycles. The van der Waals surface area contributed by atoms with Crippen LogP contribution >= 0.6 is 0 Å². The normalized spacial score (nSPS) is 19.6. The van der Waals surface area contributed by atoms with Gasteiger partial charge < -0.3 is 25.4 Å². The van der Waals surface area contributed by atoms with Crippen molar-refractivity contribution in [1.29, 1.82) is 0 Å². The Morgan fingerprint density at radius 3 is 2.48 bits per heavy atom. The summed E-state index contributed by atoms with van der Waals surface area (Å²) >= 11 is 0. The third-order valence-corrected chi connectivity index (χ3v) is 5.74. The number of halogens is 1. The van der Waals surface area contributed by atoms with Gasteiger partial charge in [0.05, 0.1) is 13.2 Å². The summed E-state index contributed by atoms with van der Waals surface area (Å²) in [7, 11) is 1.44.